The fraction of sp³-hybridized carbons (Fsp3) is 0.0909. The van der Waals surface area contributed by atoms with Gasteiger partial charge in [-0.3, -0.25) is 0 Å². The van der Waals surface area contributed by atoms with E-state index >= 15 is 0 Å². The Balaban J connectivity index is 2.50. The van der Waals surface area contributed by atoms with Crippen molar-refractivity contribution < 1.29 is 0 Å². The maximum Gasteiger partial charge on any atom is 0.102 e. The van der Waals surface area contributed by atoms with E-state index in [9.17, 15) is 0 Å². The molecule has 4 heteroatoms. The van der Waals surface area contributed by atoms with Crippen LogP contribution in [0.5, 0.6) is 0 Å². The van der Waals surface area contributed by atoms with Crippen LogP contribution in [0.25, 0.3) is 5.69 Å². The predicted molar refractivity (Wildman–Crippen MR) is 60.7 cm³/mol. The van der Waals surface area contributed by atoms with E-state index in [0.29, 0.717) is 5.56 Å². The summed E-state index contributed by atoms with van der Waals surface area (Å²) in [6, 6.07) is 8.04. The second-order valence-electron chi connectivity index (χ2n) is 3.24. The van der Waals surface area contributed by atoms with Crippen molar-refractivity contribution in [3.63, 3.8) is 0 Å². The lowest BCUT2D eigenvalue weighted by Crippen LogP contribution is -1.95. The molecule has 1 heterocycles. The highest BCUT2D eigenvalue weighted by Crippen LogP contribution is 2.21. The van der Waals surface area contributed by atoms with E-state index in [-0.39, 0.29) is 0 Å². The zero-order valence-corrected chi connectivity index (χ0v) is 9.69. The van der Waals surface area contributed by atoms with E-state index < -0.39 is 0 Å². The van der Waals surface area contributed by atoms with E-state index in [1.807, 2.05) is 31.2 Å². The smallest absolute Gasteiger partial charge is 0.102 e. The van der Waals surface area contributed by atoms with E-state index in [2.05, 4.69) is 21.0 Å². The first-order valence-corrected chi connectivity index (χ1v) is 5.21. The fourth-order valence-corrected chi connectivity index (χ4v) is 1.98. The fourth-order valence-electron chi connectivity index (χ4n) is 1.31. The number of benzene rings is 1. The summed E-state index contributed by atoms with van der Waals surface area (Å²) in [5.74, 6) is 0. The first-order valence-electron chi connectivity index (χ1n) is 4.42. The molecular weight excluding hydrogens is 254 g/mol. The van der Waals surface area contributed by atoms with Crippen LogP contribution in [0.4, 0.5) is 0 Å². The van der Waals surface area contributed by atoms with Crippen molar-refractivity contribution in [3.8, 4) is 11.8 Å². The molecule has 0 N–H and O–H groups in total. The minimum absolute atomic E-state index is 0.558. The molecule has 0 fully saturated rings. The van der Waals surface area contributed by atoms with Gasteiger partial charge in [0.05, 0.1) is 17.4 Å². The first kappa shape index (κ1) is 9.94. The van der Waals surface area contributed by atoms with Crippen molar-refractivity contribution in [2.75, 3.05) is 0 Å². The molecule has 0 bridgehead atoms. The Hall–Kier alpha value is -1.60. The summed E-state index contributed by atoms with van der Waals surface area (Å²) in [6.45, 7) is 2.03. The van der Waals surface area contributed by atoms with Gasteiger partial charge in [0.2, 0.25) is 0 Å². The van der Waals surface area contributed by atoms with Crippen LogP contribution in [0.1, 0.15) is 11.1 Å². The van der Waals surface area contributed by atoms with Crippen molar-refractivity contribution >= 4 is 15.9 Å². The van der Waals surface area contributed by atoms with Gasteiger partial charge in [0.15, 0.2) is 0 Å². The van der Waals surface area contributed by atoms with Gasteiger partial charge >= 0.3 is 0 Å². The summed E-state index contributed by atoms with van der Waals surface area (Å²) >= 11 is 3.47. The third kappa shape index (κ3) is 1.92. The molecule has 0 unspecified atom stereocenters. The van der Waals surface area contributed by atoms with E-state index in [1.54, 1.807) is 17.1 Å². The van der Waals surface area contributed by atoms with Crippen molar-refractivity contribution in [1.82, 2.24) is 9.78 Å². The van der Waals surface area contributed by atoms with Gasteiger partial charge in [-0.15, -0.1) is 0 Å². The number of rotatable bonds is 1. The van der Waals surface area contributed by atoms with Gasteiger partial charge in [-0.05, 0) is 40.5 Å². The third-order valence-electron chi connectivity index (χ3n) is 2.06. The molecule has 15 heavy (non-hydrogen) atoms. The van der Waals surface area contributed by atoms with Crippen LogP contribution in [0.3, 0.4) is 0 Å². The standard InChI is InChI=1S/C11H8BrN3/c1-8-2-3-11(10(12)4-8)15-7-9(5-13)6-14-15/h2-4,6-7H,1H3. The summed E-state index contributed by atoms with van der Waals surface area (Å²) in [5.41, 5.74) is 2.67. The van der Waals surface area contributed by atoms with Crippen molar-refractivity contribution in [2.24, 2.45) is 0 Å². The van der Waals surface area contributed by atoms with Crippen LogP contribution in [0.15, 0.2) is 35.1 Å². The van der Waals surface area contributed by atoms with Crippen LogP contribution in [0.2, 0.25) is 0 Å². The van der Waals surface area contributed by atoms with Crippen LogP contribution in [0, 0.1) is 18.3 Å². The molecule has 2 aromatic rings. The van der Waals surface area contributed by atoms with Crippen molar-refractivity contribution in [2.45, 2.75) is 6.92 Å². The Morgan fingerprint density at radius 3 is 2.87 bits per heavy atom. The Labute approximate surface area is 96.1 Å². The van der Waals surface area contributed by atoms with Gasteiger partial charge in [-0.25, -0.2) is 4.68 Å². The maximum absolute atomic E-state index is 8.70. The molecule has 3 nitrogen and oxygen atoms in total. The van der Waals surface area contributed by atoms with E-state index in [4.69, 9.17) is 5.26 Å². The second-order valence-corrected chi connectivity index (χ2v) is 4.09. The normalized spacial score (nSPS) is 9.93. The van der Waals surface area contributed by atoms with Gasteiger partial charge in [0.1, 0.15) is 6.07 Å². The van der Waals surface area contributed by atoms with Crippen LogP contribution < -0.4 is 0 Å². The van der Waals surface area contributed by atoms with Crippen molar-refractivity contribution in [3.05, 3.63) is 46.2 Å². The molecule has 0 amide bonds. The van der Waals surface area contributed by atoms with Crippen LogP contribution in [-0.4, -0.2) is 9.78 Å². The third-order valence-corrected chi connectivity index (χ3v) is 2.70. The Morgan fingerprint density at radius 2 is 2.27 bits per heavy atom. The van der Waals surface area contributed by atoms with Gasteiger partial charge in [-0.1, -0.05) is 6.07 Å². The number of nitrogens with zero attached hydrogens (tertiary/aromatic N) is 3. The summed E-state index contributed by atoms with van der Waals surface area (Å²) in [4.78, 5) is 0. The zero-order valence-electron chi connectivity index (χ0n) is 8.11. The monoisotopic (exact) mass is 261 g/mol. The van der Waals surface area contributed by atoms with Crippen molar-refractivity contribution in [1.29, 1.82) is 5.26 Å². The SMILES string of the molecule is Cc1ccc(-n2cc(C#N)cn2)c(Br)c1. The number of aromatic nitrogens is 2. The average molecular weight is 262 g/mol. The highest BCUT2D eigenvalue weighted by molar-refractivity contribution is 9.10. The molecule has 0 radical (unpaired) electrons. The largest absolute Gasteiger partial charge is 0.238 e. The lowest BCUT2D eigenvalue weighted by molar-refractivity contribution is 0.875. The number of hydrogen-bond acceptors (Lipinski definition) is 2. The lowest BCUT2D eigenvalue weighted by Gasteiger charge is -2.04. The molecule has 0 saturated carbocycles. The number of halogens is 1. The van der Waals surface area contributed by atoms with Gasteiger partial charge in [0.25, 0.3) is 0 Å². The summed E-state index contributed by atoms with van der Waals surface area (Å²) in [6.07, 6.45) is 3.25. The van der Waals surface area contributed by atoms with Gasteiger partial charge in [0, 0.05) is 10.7 Å². The molecule has 0 saturated heterocycles. The molecule has 0 atom stereocenters. The second kappa shape index (κ2) is 3.87. The highest BCUT2D eigenvalue weighted by Gasteiger charge is 2.04. The van der Waals surface area contributed by atoms with E-state index in [1.165, 1.54) is 5.56 Å². The molecular formula is C11H8BrN3. The Kier molecular flexibility index (Phi) is 2.57. The molecule has 74 valence electrons. The topological polar surface area (TPSA) is 41.6 Å². The van der Waals surface area contributed by atoms with Crippen LogP contribution >= 0.6 is 15.9 Å². The lowest BCUT2D eigenvalue weighted by atomic mass is 10.2. The number of hydrogen-bond donors (Lipinski definition) is 0. The number of nitriles is 1. The maximum atomic E-state index is 8.70. The highest BCUT2D eigenvalue weighted by atomic mass is 79.9. The molecule has 0 aliphatic heterocycles. The number of aryl methyl sites for hydroxylation is 1. The molecule has 1 aromatic carbocycles. The van der Waals surface area contributed by atoms with Crippen LogP contribution in [-0.2, 0) is 0 Å². The minimum Gasteiger partial charge on any atom is -0.238 e. The quantitative estimate of drug-likeness (QED) is 0.792. The molecule has 1 aromatic heterocycles. The summed E-state index contributed by atoms with van der Waals surface area (Å²) in [7, 11) is 0. The summed E-state index contributed by atoms with van der Waals surface area (Å²) in [5, 5.41) is 12.8. The Morgan fingerprint density at radius 1 is 1.47 bits per heavy atom. The summed E-state index contributed by atoms with van der Waals surface area (Å²) < 4.78 is 2.65. The molecule has 2 rings (SSSR count). The minimum atomic E-state index is 0.558. The molecule has 0 aliphatic rings. The average Bonchev–Trinajstić information content (AvgIpc) is 2.66. The zero-order chi connectivity index (χ0) is 10.8. The first-order chi connectivity index (χ1) is 7.20. The van der Waals surface area contributed by atoms with Gasteiger partial charge in [-0.2, -0.15) is 10.4 Å². The van der Waals surface area contributed by atoms with E-state index in [0.717, 1.165) is 10.2 Å². The predicted octanol–water partition coefficient (Wildman–Crippen LogP) is 2.81. The molecule has 0 spiro atoms. The van der Waals surface area contributed by atoms with Gasteiger partial charge < -0.3 is 0 Å². The molecule has 0 aliphatic carbocycles. The Bertz CT molecular complexity index is 537.